The first kappa shape index (κ1) is 11.8. The minimum atomic E-state index is 0.850. The lowest BCUT2D eigenvalue weighted by Crippen LogP contribution is -2.47. The van der Waals surface area contributed by atoms with Gasteiger partial charge in [-0.05, 0) is 68.1 Å². The van der Waals surface area contributed by atoms with Crippen molar-refractivity contribution < 1.29 is 0 Å². The molecule has 4 saturated carbocycles. The van der Waals surface area contributed by atoms with E-state index in [2.05, 4.69) is 12.2 Å². The second-order valence-corrected chi connectivity index (χ2v) is 7.80. The highest BCUT2D eigenvalue weighted by atomic mass is 15.0. The molecule has 4 rings (SSSR count). The lowest BCUT2D eigenvalue weighted by Gasteiger charge is -2.38. The topological polar surface area (TPSA) is 12.0 Å². The largest absolute Gasteiger partial charge is 0.311 e. The molecule has 7 unspecified atom stereocenters. The van der Waals surface area contributed by atoms with Crippen molar-refractivity contribution in [2.24, 2.45) is 29.6 Å². The van der Waals surface area contributed by atoms with E-state index < -0.39 is 0 Å². The Morgan fingerprint density at radius 3 is 2.44 bits per heavy atom. The van der Waals surface area contributed by atoms with Crippen molar-refractivity contribution >= 4 is 0 Å². The summed E-state index contributed by atoms with van der Waals surface area (Å²) in [5, 5.41) is 4.11. The molecule has 0 aliphatic heterocycles. The summed E-state index contributed by atoms with van der Waals surface area (Å²) >= 11 is 0. The van der Waals surface area contributed by atoms with E-state index in [4.69, 9.17) is 0 Å². The standard InChI is InChI=1S/C17H29N/c1-11-5-2-3-8-16(11)18-17-10-12-9-15(17)14-7-4-6-13(12)14/h11-18H,2-10H2,1H3. The maximum atomic E-state index is 4.11. The molecule has 0 amide bonds. The highest BCUT2D eigenvalue weighted by molar-refractivity contribution is 5.06. The molecule has 0 aromatic rings. The predicted molar refractivity (Wildman–Crippen MR) is 75.4 cm³/mol. The van der Waals surface area contributed by atoms with Gasteiger partial charge in [-0.3, -0.25) is 0 Å². The van der Waals surface area contributed by atoms with Gasteiger partial charge in [-0.15, -0.1) is 0 Å². The third-order valence-corrected chi connectivity index (χ3v) is 6.97. The van der Waals surface area contributed by atoms with Gasteiger partial charge >= 0.3 is 0 Å². The first-order valence-corrected chi connectivity index (χ1v) is 8.59. The van der Waals surface area contributed by atoms with Gasteiger partial charge in [-0.2, -0.15) is 0 Å². The van der Waals surface area contributed by atoms with E-state index >= 15 is 0 Å². The van der Waals surface area contributed by atoms with E-state index in [1.807, 2.05) is 0 Å². The number of rotatable bonds is 2. The Hall–Kier alpha value is -0.0400. The molecule has 1 N–H and O–H groups in total. The van der Waals surface area contributed by atoms with Gasteiger partial charge in [-0.1, -0.05) is 26.2 Å². The fourth-order valence-corrected chi connectivity index (χ4v) is 6.10. The average Bonchev–Trinajstić information content (AvgIpc) is 3.03. The monoisotopic (exact) mass is 247 g/mol. The number of fused-ring (bicyclic) bond motifs is 5. The van der Waals surface area contributed by atoms with Crippen LogP contribution in [0, 0.1) is 29.6 Å². The van der Waals surface area contributed by atoms with Crippen molar-refractivity contribution in [3.05, 3.63) is 0 Å². The van der Waals surface area contributed by atoms with E-state index in [1.165, 1.54) is 38.5 Å². The Kier molecular flexibility index (Phi) is 2.94. The van der Waals surface area contributed by atoms with Gasteiger partial charge in [0.2, 0.25) is 0 Å². The number of nitrogens with one attached hydrogen (secondary N) is 1. The van der Waals surface area contributed by atoms with E-state index in [9.17, 15) is 0 Å². The average molecular weight is 247 g/mol. The van der Waals surface area contributed by atoms with Gasteiger partial charge in [0.15, 0.2) is 0 Å². The molecule has 7 atom stereocenters. The van der Waals surface area contributed by atoms with Gasteiger partial charge in [0, 0.05) is 12.1 Å². The normalized spacial score (nSPS) is 54.8. The first-order chi connectivity index (χ1) is 8.83. The molecule has 1 heteroatoms. The van der Waals surface area contributed by atoms with Gasteiger partial charge in [-0.25, -0.2) is 0 Å². The third-order valence-electron chi connectivity index (χ3n) is 6.97. The molecule has 0 aromatic carbocycles. The quantitative estimate of drug-likeness (QED) is 0.778. The van der Waals surface area contributed by atoms with E-state index in [0.29, 0.717) is 0 Å². The van der Waals surface area contributed by atoms with Crippen LogP contribution in [0.4, 0.5) is 0 Å². The Labute approximate surface area is 112 Å². The van der Waals surface area contributed by atoms with Crippen molar-refractivity contribution in [3.63, 3.8) is 0 Å². The molecule has 4 fully saturated rings. The zero-order valence-electron chi connectivity index (χ0n) is 11.9. The second kappa shape index (κ2) is 4.51. The fraction of sp³-hybridized carbons (Fsp3) is 1.00. The maximum Gasteiger partial charge on any atom is 0.0104 e. The molecule has 0 spiro atoms. The van der Waals surface area contributed by atoms with Crippen molar-refractivity contribution in [1.29, 1.82) is 0 Å². The lowest BCUT2D eigenvalue weighted by molar-refractivity contribution is 0.170. The van der Waals surface area contributed by atoms with Crippen LogP contribution in [-0.4, -0.2) is 12.1 Å². The summed E-state index contributed by atoms with van der Waals surface area (Å²) in [6.45, 7) is 2.47. The minimum Gasteiger partial charge on any atom is -0.311 e. The zero-order chi connectivity index (χ0) is 12.1. The molecule has 4 aliphatic rings. The highest BCUT2D eigenvalue weighted by Gasteiger charge is 2.53. The highest BCUT2D eigenvalue weighted by Crippen LogP contribution is 2.58. The van der Waals surface area contributed by atoms with Gasteiger partial charge in [0.1, 0.15) is 0 Å². The van der Waals surface area contributed by atoms with Crippen LogP contribution < -0.4 is 5.32 Å². The molecule has 102 valence electrons. The molecule has 4 aliphatic carbocycles. The number of hydrogen-bond acceptors (Lipinski definition) is 1. The van der Waals surface area contributed by atoms with Crippen LogP contribution in [0.25, 0.3) is 0 Å². The molecule has 0 aromatic heterocycles. The second-order valence-electron chi connectivity index (χ2n) is 7.80. The van der Waals surface area contributed by atoms with Crippen molar-refractivity contribution in [1.82, 2.24) is 5.32 Å². The van der Waals surface area contributed by atoms with E-state index in [1.54, 1.807) is 19.3 Å². The van der Waals surface area contributed by atoms with Crippen LogP contribution in [0.3, 0.4) is 0 Å². The van der Waals surface area contributed by atoms with Crippen molar-refractivity contribution in [2.75, 3.05) is 0 Å². The van der Waals surface area contributed by atoms with Crippen molar-refractivity contribution in [3.8, 4) is 0 Å². The lowest BCUT2D eigenvalue weighted by atomic mass is 9.77. The Bertz CT molecular complexity index is 313. The van der Waals surface area contributed by atoms with Gasteiger partial charge in [0.05, 0.1) is 0 Å². The summed E-state index contributed by atoms with van der Waals surface area (Å²) in [6.07, 6.45) is 13.6. The first-order valence-electron chi connectivity index (χ1n) is 8.59. The molecule has 0 heterocycles. The van der Waals surface area contributed by atoms with E-state index in [0.717, 1.165) is 41.7 Å². The molecule has 0 radical (unpaired) electrons. The number of hydrogen-bond donors (Lipinski definition) is 1. The van der Waals surface area contributed by atoms with Gasteiger partial charge in [0.25, 0.3) is 0 Å². The molecule has 18 heavy (non-hydrogen) atoms. The smallest absolute Gasteiger partial charge is 0.0104 e. The van der Waals surface area contributed by atoms with E-state index in [-0.39, 0.29) is 0 Å². The summed E-state index contributed by atoms with van der Waals surface area (Å²) in [5.41, 5.74) is 0. The summed E-state index contributed by atoms with van der Waals surface area (Å²) < 4.78 is 0. The Morgan fingerprint density at radius 2 is 1.56 bits per heavy atom. The zero-order valence-corrected chi connectivity index (χ0v) is 11.9. The Morgan fingerprint density at radius 1 is 0.722 bits per heavy atom. The minimum absolute atomic E-state index is 0.850. The Balaban J connectivity index is 1.41. The molecular formula is C17H29N. The van der Waals surface area contributed by atoms with Crippen LogP contribution in [0.15, 0.2) is 0 Å². The van der Waals surface area contributed by atoms with Crippen LogP contribution in [-0.2, 0) is 0 Å². The maximum absolute atomic E-state index is 4.11. The molecule has 0 saturated heterocycles. The fourth-order valence-electron chi connectivity index (χ4n) is 6.10. The summed E-state index contributed by atoms with van der Waals surface area (Å²) in [5.74, 6) is 5.38. The molecule has 2 bridgehead atoms. The van der Waals surface area contributed by atoms with Crippen LogP contribution in [0.2, 0.25) is 0 Å². The van der Waals surface area contributed by atoms with Crippen LogP contribution in [0.1, 0.15) is 64.7 Å². The third kappa shape index (κ3) is 1.77. The molecule has 1 nitrogen and oxygen atoms in total. The summed E-state index contributed by atoms with van der Waals surface area (Å²) in [7, 11) is 0. The van der Waals surface area contributed by atoms with Gasteiger partial charge < -0.3 is 5.32 Å². The van der Waals surface area contributed by atoms with Crippen LogP contribution >= 0.6 is 0 Å². The van der Waals surface area contributed by atoms with Crippen molar-refractivity contribution in [2.45, 2.75) is 76.8 Å². The molecular weight excluding hydrogens is 218 g/mol. The summed E-state index contributed by atoms with van der Waals surface area (Å²) in [4.78, 5) is 0. The predicted octanol–water partition coefficient (Wildman–Crippen LogP) is 3.98. The SMILES string of the molecule is CC1CCCCC1NC1CC2CC1C1CCCC21. The summed E-state index contributed by atoms with van der Waals surface area (Å²) in [6, 6.07) is 1.75. The van der Waals surface area contributed by atoms with Crippen LogP contribution in [0.5, 0.6) is 0 Å².